The van der Waals surface area contributed by atoms with Gasteiger partial charge < -0.3 is 24.7 Å². The fraction of sp³-hybridized carbons (Fsp3) is 0.167. The highest BCUT2D eigenvalue weighted by atomic mass is 16.7. The Morgan fingerprint density at radius 1 is 1.28 bits per heavy atom. The Balaban J connectivity index is 1.90. The first kappa shape index (κ1) is 12.0. The lowest BCUT2D eigenvalue weighted by Gasteiger charge is -2.04. The Kier molecular flexibility index (Phi) is 3.47. The van der Waals surface area contributed by atoms with Crippen molar-refractivity contribution in [3.8, 4) is 11.5 Å². The third kappa shape index (κ3) is 3.00. The zero-order chi connectivity index (χ0) is 13.0. The monoisotopic (exact) mass is 248 g/mol. The van der Waals surface area contributed by atoms with Crippen molar-refractivity contribution in [3.63, 3.8) is 0 Å². The van der Waals surface area contributed by atoms with Crippen LogP contribution in [0.5, 0.6) is 11.5 Å². The van der Waals surface area contributed by atoms with Gasteiger partial charge in [0.05, 0.1) is 5.97 Å². The number of amides is 1. The van der Waals surface area contributed by atoms with E-state index in [9.17, 15) is 14.7 Å². The second-order valence-corrected chi connectivity index (χ2v) is 3.56. The Labute approximate surface area is 103 Å². The molecule has 1 aliphatic heterocycles. The van der Waals surface area contributed by atoms with E-state index >= 15 is 0 Å². The van der Waals surface area contributed by atoms with Gasteiger partial charge in [-0.3, -0.25) is 4.79 Å². The first-order chi connectivity index (χ1) is 8.65. The Morgan fingerprint density at radius 2 is 2.06 bits per heavy atom. The summed E-state index contributed by atoms with van der Waals surface area (Å²) in [5.74, 6) is -0.612. The normalized spacial score (nSPS) is 12.7. The number of aliphatic carboxylic acids is 1. The highest BCUT2D eigenvalue weighted by Crippen LogP contribution is 2.32. The molecule has 1 amide bonds. The minimum absolute atomic E-state index is 0.194. The molecule has 1 aliphatic rings. The molecular formula is C12H10NO5-. The van der Waals surface area contributed by atoms with Crippen LogP contribution in [0.25, 0.3) is 0 Å². The number of hydrogen-bond acceptors (Lipinski definition) is 5. The van der Waals surface area contributed by atoms with E-state index in [4.69, 9.17) is 9.47 Å². The maximum absolute atomic E-state index is 11.2. The van der Waals surface area contributed by atoms with Gasteiger partial charge in [-0.1, -0.05) is 6.07 Å². The van der Waals surface area contributed by atoms with Crippen molar-refractivity contribution < 1.29 is 24.2 Å². The zero-order valence-electron chi connectivity index (χ0n) is 9.34. The topological polar surface area (TPSA) is 87.7 Å². The van der Waals surface area contributed by atoms with Crippen LogP contribution in [0, 0.1) is 0 Å². The van der Waals surface area contributed by atoms with Gasteiger partial charge in [-0.2, -0.15) is 0 Å². The molecular weight excluding hydrogens is 238 g/mol. The van der Waals surface area contributed by atoms with Crippen molar-refractivity contribution in [1.82, 2.24) is 5.32 Å². The van der Waals surface area contributed by atoms with Gasteiger partial charge in [0, 0.05) is 12.6 Å². The molecule has 6 heteroatoms. The largest absolute Gasteiger partial charge is 0.545 e. The standard InChI is InChI=1S/C12H11NO5/c14-11(3-4-12(15)16)13-6-8-1-2-9-10(5-8)18-7-17-9/h1-5H,6-7H2,(H,13,14)(H,15,16)/p-1. The van der Waals surface area contributed by atoms with Crippen molar-refractivity contribution >= 4 is 11.9 Å². The van der Waals surface area contributed by atoms with Gasteiger partial charge in [0.2, 0.25) is 12.7 Å². The SMILES string of the molecule is O=C([O-])C=CC(=O)NCc1ccc2c(c1)OCO2. The minimum Gasteiger partial charge on any atom is -0.545 e. The maximum atomic E-state index is 11.2. The summed E-state index contributed by atoms with van der Waals surface area (Å²) in [7, 11) is 0. The van der Waals surface area contributed by atoms with Crippen molar-refractivity contribution in [2.45, 2.75) is 6.54 Å². The highest BCUT2D eigenvalue weighted by Gasteiger charge is 2.12. The molecule has 1 aromatic carbocycles. The van der Waals surface area contributed by atoms with Gasteiger partial charge in [0.25, 0.3) is 0 Å². The Hall–Kier alpha value is -2.50. The number of carbonyl (C=O) groups is 2. The fourth-order valence-electron chi connectivity index (χ4n) is 1.44. The van der Waals surface area contributed by atoms with Crippen LogP contribution in [0.1, 0.15) is 5.56 Å². The van der Waals surface area contributed by atoms with Gasteiger partial charge in [-0.05, 0) is 23.8 Å². The van der Waals surface area contributed by atoms with Crippen LogP contribution in [-0.2, 0) is 16.1 Å². The number of fused-ring (bicyclic) bond motifs is 1. The van der Waals surface area contributed by atoms with E-state index in [2.05, 4.69) is 5.32 Å². The number of benzene rings is 1. The summed E-state index contributed by atoms with van der Waals surface area (Å²) in [5.41, 5.74) is 0.828. The van der Waals surface area contributed by atoms with Crippen molar-refractivity contribution in [2.24, 2.45) is 0 Å². The molecule has 0 spiro atoms. The minimum atomic E-state index is -1.41. The Morgan fingerprint density at radius 3 is 2.83 bits per heavy atom. The number of rotatable bonds is 4. The number of carboxylic acids is 1. The highest BCUT2D eigenvalue weighted by molar-refractivity contribution is 5.93. The molecule has 0 aliphatic carbocycles. The smallest absolute Gasteiger partial charge is 0.244 e. The summed E-state index contributed by atoms with van der Waals surface area (Å²) in [5, 5.41) is 12.6. The third-order valence-corrected chi connectivity index (χ3v) is 2.27. The summed E-state index contributed by atoms with van der Waals surface area (Å²) < 4.78 is 10.3. The summed E-state index contributed by atoms with van der Waals surface area (Å²) in [4.78, 5) is 21.3. The van der Waals surface area contributed by atoms with E-state index < -0.39 is 11.9 Å². The number of carboxylic acid groups (broad SMARTS) is 1. The van der Waals surface area contributed by atoms with Crippen LogP contribution in [0.2, 0.25) is 0 Å². The van der Waals surface area contributed by atoms with Crippen LogP contribution in [0.3, 0.4) is 0 Å². The fourth-order valence-corrected chi connectivity index (χ4v) is 1.44. The molecule has 1 aromatic rings. The van der Waals surface area contributed by atoms with Crippen LogP contribution < -0.4 is 19.9 Å². The van der Waals surface area contributed by atoms with Gasteiger partial charge in [0.15, 0.2) is 11.5 Å². The second-order valence-electron chi connectivity index (χ2n) is 3.56. The lowest BCUT2D eigenvalue weighted by atomic mass is 10.2. The van der Waals surface area contributed by atoms with E-state index in [0.29, 0.717) is 17.6 Å². The van der Waals surface area contributed by atoms with Gasteiger partial charge in [-0.15, -0.1) is 0 Å². The quantitative estimate of drug-likeness (QED) is 0.714. The van der Waals surface area contributed by atoms with E-state index in [1.54, 1.807) is 18.2 Å². The molecule has 18 heavy (non-hydrogen) atoms. The molecule has 0 fully saturated rings. The molecule has 0 aromatic heterocycles. The first-order valence-corrected chi connectivity index (χ1v) is 5.20. The summed E-state index contributed by atoms with van der Waals surface area (Å²) in [6.07, 6.45) is 1.58. The zero-order valence-corrected chi connectivity index (χ0v) is 9.34. The molecule has 6 nitrogen and oxygen atoms in total. The summed E-state index contributed by atoms with van der Waals surface area (Å²) in [6.45, 7) is 0.465. The van der Waals surface area contributed by atoms with Crippen LogP contribution in [0.15, 0.2) is 30.4 Å². The Bertz CT molecular complexity index is 509. The maximum Gasteiger partial charge on any atom is 0.244 e. The number of hydrogen-bond donors (Lipinski definition) is 1. The van der Waals surface area contributed by atoms with E-state index in [0.717, 1.165) is 11.6 Å². The average molecular weight is 248 g/mol. The van der Waals surface area contributed by atoms with E-state index in [1.807, 2.05) is 0 Å². The summed E-state index contributed by atoms with van der Waals surface area (Å²) in [6, 6.07) is 5.29. The van der Waals surface area contributed by atoms with E-state index in [1.165, 1.54) is 0 Å². The molecule has 2 rings (SSSR count). The number of carbonyl (C=O) groups excluding carboxylic acids is 2. The average Bonchev–Trinajstić information content (AvgIpc) is 2.81. The predicted molar refractivity (Wildman–Crippen MR) is 58.6 cm³/mol. The van der Waals surface area contributed by atoms with Gasteiger partial charge >= 0.3 is 0 Å². The van der Waals surface area contributed by atoms with E-state index in [-0.39, 0.29) is 13.3 Å². The first-order valence-electron chi connectivity index (χ1n) is 5.20. The van der Waals surface area contributed by atoms with Crippen molar-refractivity contribution in [1.29, 1.82) is 0 Å². The van der Waals surface area contributed by atoms with Crippen molar-refractivity contribution in [2.75, 3.05) is 6.79 Å². The predicted octanol–water partition coefficient (Wildman–Crippen LogP) is -0.662. The number of nitrogens with one attached hydrogen (secondary N) is 1. The molecule has 0 saturated carbocycles. The van der Waals surface area contributed by atoms with Crippen LogP contribution in [0.4, 0.5) is 0 Å². The lowest BCUT2D eigenvalue weighted by Crippen LogP contribution is -2.23. The van der Waals surface area contributed by atoms with Gasteiger partial charge in [0.1, 0.15) is 0 Å². The molecule has 1 N–H and O–H groups in total. The van der Waals surface area contributed by atoms with Gasteiger partial charge in [-0.25, -0.2) is 0 Å². The molecule has 0 saturated heterocycles. The van der Waals surface area contributed by atoms with Crippen LogP contribution >= 0.6 is 0 Å². The van der Waals surface area contributed by atoms with Crippen molar-refractivity contribution in [3.05, 3.63) is 35.9 Å². The molecule has 1 heterocycles. The molecule has 0 radical (unpaired) electrons. The van der Waals surface area contributed by atoms with Crippen LogP contribution in [-0.4, -0.2) is 18.7 Å². The molecule has 0 atom stereocenters. The third-order valence-electron chi connectivity index (χ3n) is 2.27. The summed E-state index contributed by atoms with van der Waals surface area (Å²) >= 11 is 0. The molecule has 0 unspecified atom stereocenters. The lowest BCUT2D eigenvalue weighted by molar-refractivity contribution is -0.297. The second kappa shape index (κ2) is 5.22. The molecule has 94 valence electrons. The number of ether oxygens (including phenoxy) is 2. The molecule has 0 bridgehead atoms.